The highest BCUT2D eigenvalue weighted by Crippen LogP contribution is 2.32. The normalized spacial score (nSPS) is 25.3. The number of hydrogen-bond acceptors (Lipinski definition) is 5. The Kier molecular flexibility index (Phi) is 5.77. The van der Waals surface area contributed by atoms with Gasteiger partial charge in [-0.25, -0.2) is 0 Å². The molecule has 1 fully saturated rings. The van der Waals surface area contributed by atoms with E-state index in [1.54, 1.807) is 7.11 Å². The molecular formula is C14H28N2O3. The molecule has 1 heterocycles. The molecule has 0 spiro atoms. The Hall–Kier alpha value is -0.650. The first kappa shape index (κ1) is 16.4. The van der Waals surface area contributed by atoms with Gasteiger partial charge in [0.1, 0.15) is 5.41 Å². The second-order valence-electron chi connectivity index (χ2n) is 6.24. The first-order valence-electron chi connectivity index (χ1n) is 7.00. The smallest absolute Gasteiger partial charge is 0.315 e. The highest BCUT2D eigenvalue weighted by Gasteiger charge is 2.44. The fourth-order valence-corrected chi connectivity index (χ4v) is 2.84. The van der Waals surface area contributed by atoms with Crippen LogP contribution in [0.5, 0.6) is 0 Å². The van der Waals surface area contributed by atoms with E-state index in [1.807, 2.05) is 20.8 Å². The number of esters is 1. The third-order valence-electron chi connectivity index (χ3n) is 3.42. The van der Waals surface area contributed by atoms with Gasteiger partial charge in [-0.15, -0.1) is 0 Å². The Labute approximate surface area is 116 Å². The van der Waals surface area contributed by atoms with Gasteiger partial charge >= 0.3 is 5.97 Å². The molecule has 1 aliphatic heterocycles. The molecule has 5 nitrogen and oxygen atoms in total. The second-order valence-corrected chi connectivity index (χ2v) is 6.24. The van der Waals surface area contributed by atoms with E-state index >= 15 is 0 Å². The van der Waals surface area contributed by atoms with E-state index in [1.165, 1.54) is 0 Å². The minimum absolute atomic E-state index is 0.142. The maximum absolute atomic E-state index is 12.3. The van der Waals surface area contributed by atoms with Crippen molar-refractivity contribution in [2.45, 2.75) is 39.2 Å². The van der Waals surface area contributed by atoms with Crippen molar-refractivity contribution < 1.29 is 14.3 Å². The Bertz CT molecular complexity index is 298. The summed E-state index contributed by atoms with van der Waals surface area (Å²) < 4.78 is 10.5. The maximum atomic E-state index is 12.3. The quantitative estimate of drug-likeness (QED) is 0.731. The highest BCUT2D eigenvalue weighted by atomic mass is 16.5. The van der Waals surface area contributed by atoms with Crippen LogP contribution in [0, 0.1) is 5.41 Å². The molecule has 1 unspecified atom stereocenters. The zero-order valence-electron chi connectivity index (χ0n) is 12.7. The van der Waals surface area contributed by atoms with Gasteiger partial charge in [0.05, 0.1) is 13.2 Å². The fourth-order valence-electron chi connectivity index (χ4n) is 2.84. The van der Waals surface area contributed by atoms with Crippen molar-refractivity contribution in [2.75, 3.05) is 40.0 Å². The van der Waals surface area contributed by atoms with Crippen LogP contribution in [0.3, 0.4) is 0 Å². The molecule has 1 aliphatic rings. The van der Waals surface area contributed by atoms with Crippen molar-refractivity contribution in [2.24, 2.45) is 11.1 Å². The Morgan fingerprint density at radius 3 is 2.68 bits per heavy atom. The number of rotatable bonds is 6. The molecule has 0 aromatic heterocycles. The van der Waals surface area contributed by atoms with E-state index in [9.17, 15) is 4.79 Å². The van der Waals surface area contributed by atoms with Crippen LogP contribution in [-0.4, -0.2) is 56.4 Å². The molecule has 1 atom stereocenters. The van der Waals surface area contributed by atoms with Gasteiger partial charge in [0.2, 0.25) is 0 Å². The topological polar surface area (TPSA) is 64.8 Å². The standard InChI is InChI=1S/C14H28N2O3/c1-5-19-12(17)14(11-18-4)7-6-8-16(10-14)9-13(2,3)15/h5-11,15H2,1-4H3. The molecule has 5 heteroatoms. The molecule has 0 radical (unpaired) electrons. The van der Waals surface area contributed by atoms with Crippen LogP contribution in [0.1, 0.15) is 33.6 Å². The predicted molar refractivity (Wildman–Crippen MR) is 74.9 cm³/mol. The van der Waals surface area contributed by atoms with Gasteiger partial charge in [0, 0.05) is 25.7 Å². The molecule has 19 heavy (non-hydrogen) atoms. The zero-order chi connectivity index (χ0) is 14.5. The van der Waals surface area contributed by atoms with E-state index in [0.29, 0.717) is 19.8 Å². The average Bonchev–Trinajstić information content (AvgIpc) is 2.27. The van der Waals surface area contributed by atoms with Gasteiger partial charge in [-0.2, -0.15) is 0 Å². The lowest BCUT2D eigenvalue weighted by atomic mass is 9.80. The first-order chi connectivity index (χ1) is 8.83. The summed E-state index contributed by atoms with van der Waals surface area (Å²) in [7, 11) is 1.63. The Balaban J connectivity index is 2.77. The van der Waals surface area contributed by atoms with Gasteiger partial charge in [0.15, 0.2) is 0 Å². The lowest BCUT2D eigenvalue weighted by Gasteiger charge is -2.42. The van der Waals surface area contributed by atoms with Crippen LogP contribution in [0.2, 0.25) is 0 Å². The van der Waals surface area contributed by atoms with E-state index in [4.69, 9.17) is 15.2 Å². The number of piperidine rings is 1. The Morgan fingerprint density at radius 1 is 1.47 bits per heavy atom. The van der Waals surface area contributed by atoms with E-state index in [2.05, 4.69) is 4.90 Å². The molecule has 0 aromatic rings. The number of methoxy groups -OCH3 is 1. The van der Waals surface area contributed by atoms with Gasteiger partial charge in [-0.1, -0.05) is 0 Å². The lowest BCUT2D eigenvalue weighted by Crippen LogP contribution is -2.55. The molecule has 0 aromatic carbocycles. The summed E-state index contributed by atoms with van der Waals surface area (Å²) in [6.07, 6.45) is 1.79. The summed E-state index contributed by atoms with van der Waals surface area (Å²) in [5.41, 5.74) is 5.28. The molecule has 112 valence electrons. The molecule has 0 saturated carbocycles. The van der Waals surface area contributed by atoms with Crippen molar-refractivity contribution in [1.82, 2.24) is 4.90 Å². The van der Waals surface area contributed by atoms with Crippen LogP contribution in [-0.2, 0) is 14.3 Å². The van der Waals surface area contributed by atoms with Crippen LogP contribution < -0.4 is 5.73 Å². The first-order valence-corrected chi connectivity index (χ1v) is 7.00. The monoisotopic (exact) mass is 272 g/mol. The lowest BCUT2D eigenvalue weighted by molar-refractivity contribution is -0.163. The number of hydrogen-bond donors (Lipinski definition) is 1. The molecule has 0 amide bonds. The molecular weight excluding hydrogens is 244 g/mol. The summed E-state index contributed by atoms with van der Waals surface area (Å²) in [6.45, 7) is 9.08. The van der Waals surface area contributed by atoms with E-state index < -0.39 is 5.41 Å². The van der Waals surface area contributed by atoms with Crippen molar-refractivity contribution in [3.05, 3.63) is 0 Å². The number of carbonyl (C=O) groups excluding carboxylic acids is 1. The van der Waals surface area contributed by atoms with E-state index in [0.717, 1.165) is 25.9 Å². The van der Waals surface area contributed by atoms with E-state index in [-0.39, 0.29) is 11.5 Å². The van der Waals surface area contributed by atoms with Crippen molar-refractivity contribution >= 4 is 5.97 Å². The van der Waals surface area contributed by atoms with Crippen LogP contribution in [0.4, 0.5) is 0 Å². The van der Waals surface area contributed by atoms with Gasteiger partial charge in [-0.3, -0.25) is 4.79 Å². The largest absolute Gasteiger partial charge is 0.465 e. The van der Waals surface area contributed by atoms with Gasteiger partial charge < -0.3 is 20.1 Å². The molecule has 1 saturated heterocycles. The SMILES string of the molecule is CCOC(=O)C1(COC)CCCN(CC(C)(C)N)C1. The van der Waals surface area contributed by atoms with Crippen molar-refractivity contribution in [3.8, 4) is 0 Å². The minimum Gasteiger partial charge on any atom is -0.465 e. The summed E-state index contributed by atoms with van der Waals surface area (Å²) in [5, 5.41) is 0. The molecule has 2 N–H and O–H groups in total. The Morgan fingerprint density at radius 2 is 2.16 bits per heavy atom. The second kappa shape index (κ2) is 6.68. The minimum atomic E-state index is -0.533. The zero-order valence-corrected chi connectivity index (χ0v) is 12.7. The van der Waals surface area contributed by atoms with Gasteiger partial charge in [-0.05, 0) is 40.2 Å². The average molecular weight is 272 g/mol. The van der Waals surface area contributed by atoms with Gasteiger partial charge in [0.25, 0.3) is 0 Å². The molecule has 0 bridgehead atoms. The summed E-state index contributed by atoms with van der Waals surface area (Å²) in [6, 6.07) is 0. The van der Waals surface area contributed by atoms with Crippen LogP contribution in [0.15, 0.2) is 0 Å². The number of ether oxygens (including phenoxy) is 2. The van der Waals surface area contributed by atoms with Crippen molar-refractivity contribution in [3.63, 3.8) is 0 Å². The third kappa shape index (κ3) is 4.75. The highest BCUT2D eigenvalue weighted by molar-refractivity contribution is 5.77. The number of carbonyl (C=O) groups is 1. The summed E-state index contributed by atoms with van der Waals surface area (Å²) >= 11 is 0. The number of likely N-dealkylation sites (tertiary alicyclic amines) is 1. The number of nitrogens with zero attached hydrogens (tertiary/aromatic N) is 1. The van der Waals surface area contributed by atoms with Crippen LogP contribution >= 0.6 is 0 Å². The summed E-state index contributed by atoms with van der Waals surface area (Å²) in [4.78, 5) is 14.5. The number of nitrogens with two attached hydrogens (primary N) is 1. The third-order valence-corrected chi connectivity index (χ3v) is 3.42. The van der Waals surface area contributed by atoms with Crippen LogP contribution in [0.25, 0.3) is 0 Å². The predicted octanol–water partition coefficient (Wildman–Crippen LogP) is 1.02. The fraction of sp³-hybridized carbons (Fsp3) is 0.929. The maximum Gasteiger partial charge on any atom is 0.315 e. The molecule has 1 rings (SSSR count). The van der Waals surface area contributed by atoms with Crippen molar-refractivity contribution in [1.29, 1.82) is 0 Å². The summed E-state index contributed by atoms with van der Waals surface area (Å²) in [5.74, 6) is -0.142. The molecule has 0 aliphatic carbocycles.